The molecule has 1 heterocycles. The number of carbonyl (C=O) groups is 2. The summed E-state index contributed by atoms with van der Waals surface area (Å²) < 4.78 is 50.4. The van der Waals surface area contributed by atoms with Crippen LogP contribution in [0.5, 0.6) is 11.5 Å². The summed E-state index contributed by atoms with van der Waals surface area (Å²) in [5.74, 6) is -0.811. The zero-order valence-electron chi connectivity index (χ0n) is 18.1. The zero-order chi connectivity index (χ0) is 24.5. The molecule has 3 aromatic carbocycles. The van der Waals surface area contributed by atoms with E-state index in [9.17, 15) is 22.8 Å². The van der Waals surface area contributed by atoms with E-state index in [2.05, 4.69) is 5.32 Å². The number of benzene rings is 3. The van der Waals surface area contributed by atoms with Crippen molar-refractivity contribution in [3.05, 3.63) is 89.6 Å². The van der Waals surface area contributed by atoms with Crippen molar-refractivity contribution in [2.24, 2.45) is 0 Å². The van der Waals surface area contributed by atoms with Crippen LogP contribution in [0.4, 0.5) is 24.5 Å². The SMILES string of the molecule is COc1ccccc1C1=C(Nc2cccc(C(F)(F)F)c2)C(=O)N(c2ccccc2OC)C1=O. The Morgan fingerprint density at radius 3 is 2.12 bits per heavy atom. The minimum absolute atomic E-state index is 0.000231. The van der Waals surface area contributed by atoms with Crippen LogP contribution in [0.15, 0.2) is 78.5 Å². The second-order valence-corrected chi connectivity index (χ2v) is 7.27. The second kappa shape index (κ2) is 8.93. The molecule has 0 bridgehead atoms. The first kappa shape index (κ1) is 22.9. The predicted molar refractivity (Wildman–Crippen MR) is 120 cm³/mol. The normalized spacial score (nSPS) is 14.0. The van der Waals surface area contributed by atoms with E-state index in [0.717, 1.165) is 17.0 Å². The van der Waals surface area contributed by atoms with Gasteiger partial charge in [-0.2, -0.15) is 13.2 Å². The molecule has 0 unspecified atom stereocenters. The Morgan fingerprint density at radius 1 is 0.794 bits per heavy atom. The molecule has 0 atom stereocenters. The number of imide groups is 1. The highest BCUT2D eigenvalue weighted by Crippen LogP contribution is 2.40. The van der Waals surface area contributed by atoms with Crippen molar-refractivity contribution >= 4 is 28.8 Å². The topological polar surface area (TPSA) is 67.9 Å². The fourth-order valence-electron chi connectivity index (χ4n) is 3.70. The minimum atomic E-state index is -4.57. The van der Waals surface area contributed by atoms with E-state index in [-0.39, 0.29) is 28.4 Å². The average molecular weight is 468 g/mol. The van der Waals surface area contributed by atoms with E-state index < -0.39 is 23.6 Å². The van der Waals surface area contributed by atoms with Gasteiger partial charge < -0.3 is 14.8 Å². The van der Waals surface area contributed by atoms with Gasteiger partial charge in [0.25, 0.3) is 11.8 Å². The van der Waals surface area contributed by atoms with E-state index in [1.807, 2.05) is 0 Å². The highest BCUT2D eigenvalue weighted by atomic mass is 19.4. The fraction of sp³-hybridized carbons (Fsp3) is 0.120. The Hall–Kier alpha value is -4.27. The molecular formula is C25H19F3N2O4. The molecule has 9 heteroatoms. The first-order valence-corrected chi connectivity index (χ1v) is 10.1. The van der Waals surface area contributed by atoms with Gasteiger partial charge in [0.15, 0.2) is 0 Å². The molecule has 0 radical (unpaired) electrons. The molecule has 3 aromatic rings. The molecule has 174 valence electrons. The van der Waals surface area contributed by atoms with Gasteiger partial charge in [-0.1, -0.05) is 36.4 Å². The van der Waals surface area contributed by atoms with Crippen LogP contribution in [-0.2, 0) is 15.8 Å². The highest BCUT2D eigenvalue weighted by Gasteiger charge is 2.42. The van der Waals surface area contributed by atoms with Crippen molar-refractivity contribution in [1.82, 2.24) is 0 Å². The first-order chi connectivity index (χ1) is 16.3. The standard InChI is InChI=1S/C25H19F3N2O4/c1-33-19-12-5-3-10-17(19)21-22(29-16-9-7-8-15(14-16)25(26,27)28)24(32)30(23(21)31)18-11-4-6-13-20(18)34-2/h3-14,29H,1-2H3. The highest BCUT2D eigenvalue weighted by molar-refractivity contribution is 6.46. The maximum atomic E-state index is 13.6. The van der Waals surface area contributed by atoms with Crippen LogP contribution in [0.3, 0.4) is 0 Å². The molecule has 0 spiro atoms. The summed E-state index contributed by atoms with van der Waals surface area (Å²) in [7, 11) is 2.82. The lowest BCUT2D eigenvalue weighted by Gasteiger charge is -2.18. The smallest absolute Gasteiger partial charge is 0.416 e. The number of nitrogens with zero attached hydrogens (tertiary/aromatic N) is 1. The lowest BCUT2D eigenvalue weighted by Crippen LogP contribution is -2.32. The largest absolute Gasteiger partial charge is 0.496 e. The lowest BCUT2D eigenvalue weighted by molar-refractivity contribution is -0.137. The second-order valence-electron chi connectivity index (χ2n) is 7.27. The van der Waals surface area contributed by atoms with Crippen LogP contribution in [-0.4, -0.2) is 26.0 Å². The summed E-state index contributed by atoms with van der Waals surface area (Å²) in [6, 6.07) is 17.4. The maximum absolute atomic E-state index is 13.6. The molecule has 2 amide bonds. The Balaban J connectivity index is 1.88. The Morgan fingerprint density at radius 2 is 1.44 bits per heavy atom. The molecule has 6 nitrogen and oxygen atoms in total. The molecule has 0 aromatic heterocycles. The number of hydrogen-bond donors (Lipinski definition) is 1. The molecule has 1 aliphatic rings. The molecule has 1 N–H and O–H groups in total. The van der Waals surface area contributed by atoms with E-state index in [1.54, 1.807) is 48.5 Å². The summed E-state index contributed by atoms with van der Waals surface area (Å²) in [5.41, 5.74) is -0.593. The summed E-state index contributed by atoms with van der Waals surface area (Å²) in [6.45, 7) is 0. The van der Waals surface area contributed by atoms with Crippen LogP contribution < -0.4 is 19.7 Å². The van der Waals surface area contributed by atoms with Gasteiger partial charge in [-0.25, -0.2) is 4.90 Å². The van der Waals surface area contributed by atoms with Gasteiger partial charge in [-0.3, -0.25) is 9.59 Å². The van der Waals surface area contributed by atoms with Crippen LogP contribution in [0, 0.1) is 0 Å². The minimum Gasteiger partial charge on any atom is -0.496 e. The molecule has 4 rings (SSSR count). The van der Waals surface area contributed by atoms with E-state index in [0.29, 0.717) is 11.3 Å². The van der Waals surface area contributed by atoms with Crippen molar-refractivity contribution in [1.29, 1.82) is 0 Å². The van der Waals surface area contributed by atoms with Gasteiger partial charge >= 0.3 is 6.18 Å². The fourth-order valence-corrected chi connectivity index (χ4v) is 3.70. The van der Waals surface area contributed by atoms with Crippen LogP contribution in [0.25, 0.3) is 5.57 Å². The van der Waals surface area contributed by atoms with Crippen LogP contribution in [0.1, 0.15) is 11.1 Å². The lowest BCUT2D eigenvalue weighted by atomic mass is 10.0. The first-order valence-electron chi connectivity index (χ1n) is 10.1. The monoisotopic (exact) mass is 468 g/mol. The van der Waals surface area contributed by atoms with Gasteiger partial charge in [0.05, 0.1) is 31.0 Å². The summed E-state index contributed by atoms with van der Waals surface area (Å²) in [4.78, 5) is 28.0. The van der Waals surface area contributed by atoms with Gasteiger partial charge in [0, 0.05) is 11.3 Å². The molecule has 0 fully saturated rings. The number of methoxy groups -OCH3 is 2. The average Bonchev–Trinajstić information content (AvgIpc) is 3.07. The van der Waals surface area contributed by atoms with Crippen LogP contribution in [0.2, 0.25) is 0 Å². The number of ether oxygens (including phenoxy) is 2. The van der Waals surface area contributed by atoms with Crippen molar-refractivity contribution in [2.45, 2.75) is 6.18 Å². The van der Waals surface area contributed by atoms with E-state index >= 15 is 0 Å². The molecule has 1 aliphatic heterocycles. The van der Waals surface area contributed by atoms with Crippen LogP contribution >= 0.6 is 0 Å². The number of nitrogens with one attached hydrogen (secondary N) is 1. The summed E-state index contributed by atoms with van der Waals surface area (Å²) >= 11 is 0. The maximum Gasteiger partial charge on any atom is 0.416 e. The predicted octanol–water partition coefficient (Wildman–Crippen LogP) is 5.12. The van der Waals surface area contributed by atoms with Crippen molar-refractivity contribution in [2.75, 3.05) is 24.4 Å². The van der Waals surface area contributed by atoms with Crippen molar-refractivity contribution in [3.8, 4) is 11.5 Å². The van der Waals surface area contributed by atoms with E-state index in [4.69, 9.17) is 9.47 Å². The number of rotatable bonds is 6. The molecule has 34 heavy (non-hydrogen) atoms. The third-order valence-electron chi connectivity index (χ3n) is 5.25. The molecule has 0 saturated heterocycles. The number of alkyl halides is 3. The van der Waals surface area contributed by atoms with Gasteiger partial charge in [0.2, 0.25) is 0 Å². The Kier molecular flexibility index (Phi) is 6.02. The third kappa shape index (κ3) is 4.07. The third-order valence-corrected chi connectivity index (χ3v) is 5.25. The van der Waals surface area contributed by atoms with Gasteiger partial charge in [-0.15, -0.1) is 0 Å². The van der Waals surface area contributed by atoms with Gasteiger partial charge in [0.1, 0.15) is 17.2 Å². The number of para-hydroxylation sites is 3. The zero-order valence-corrected chi connectivity index (χ0v) is 18.1. The number of halogens is 3. The van der Waals surface area contributed by atoms with Crippen molar-refractivity contribution in [3.63, 3.8) is 0 Å². The number of hydrogen-bond acceptors (Lipinski definition) is 5. The van der Waals surface area contributed by atoms with Crippen molar-refractivity contribution < 1.29 is 32.2 Å². The summed E-state index contributed by atoms with van der Waals surface area (Å²) in [5, 5.41) is 2.74. The molecule has 0 saturated carbocycles. The number of anilines is 2. The quantitative estimate of drug-likeness (QED) is 0.509. The molecular weight excluding hydrogens is 449 g/mol. The number of carbonyl (C=O) groups excluding carboxylic acids is 2. The van der Waals surface area contributed by atoms with E-state index in [1.165, 1.54) is 26.4 Å². The number of amides is 2. The Bertz CT molecular complexity index is 1300. The summed E-state index contributed by atoms with van der Waals surface area (Å²) in [6.07, 6.45) is -4.57. The molecule has 0 aliphatic carbocycles. The Labute approximate surface area is 193 Å². The van der Waals surface area contributed by atoms with Gasteiger partial charge in [-0.05, 0) is 36.4 Å².